The van der Waals surface area contributed by atoms with E-state index in [0.717, 1.165) is 13.0 Å². The van der Waals surface area contributed by atoms with Gasteiger partial charge in [0.05, 0.1) is 5.25 Å². The molecule has 3 heteroatoms. The van der Waals surface area contributed by atoms with Gasteiger partial charge in [-0.3, -0.25) is 4.79 Å². The lowest BCUT2D eigenvalue weighted by Gasteiger charge is -2.39. The second-order valence-electron chi connectivity index (χ2n) is 5.08. The first-order valence-corrected chi connectivity index (χ1v) is 6.45. The lowest BCUT2D eigenvalue weighted by atomic mass is 9.91. The molecule has 1 aliphatic heterocycles. The highest BCUT2D eigenvalue weighted by Gasteiger charge is 2.32. The molecule has 0 aromatic heterocycles. The zero-order valence-corrected chi connectivity index (χ0v) is 11.1. The van der Waals surface area contributed by atoms with Crippen LogP contribution in [0.25, 0.3) is 0 Å². The van der Waals surface area contributed by atoms with Gasteiger partial charge < -0.3 is 4.90 Å². The average molecular weight is 229 g/mol. The Morgan fingerprint density at radius 1 is 1.40 bits per heavy atom. The molecule has 1 amide bonds. The molecule has 0 radical (unpaired) electrons. The SMILES string of the molecule is CC(C)C(S)C(=O)N1CCCC(C)C1C. The van der Waals surface area contributed by atoms with Crippen molar-refractivity contribution in [2.75, 3.05) is 6.54 Å². The van der Waals surface area contributed by atoms with Gasteiger partial charge in [-0.15, -0.1) is 0 Å². The first-order chi connectivity index (χ1) is 6.95. The van der Waals surface area contributed by atoms with E-state index < -0.39 is 0 Å². The third-order valence-corrected chi connectivity index (χ3v) is 4.36. The van der Waals surface area contributed by atoms with Gasteiger partial charge in [-0.2, -0.15) is 12.6 Å². The second kappa shape index (κ2) is 5.24. The van der Waals surface area contributed by atoms with Gasteiger partial charge in [0.1, 0.15) is 0 Å². The van der Waals surface area contributed by atoms with E-state index in [4.69, 9.17) is 0 Å². The molecule has 2 nitrogen and oxygen atoms in total. The normalized spacial score (nSPS) is 29.3. The highest BCUT2D eigenvalue weighted by atomic mass is 32.1. The summed E-state index contributed by atoms with van der Waals surface area (Å²) in [6.07, 6.45) is 2.37. The van der Waals surface area contributed by atoms with Crippen molar-refractivity contribution in [3.63, 3.8) is 0 Å². The largest absolute Gasteiger partial charge is 0.339 e. The van der Waals surface area contributed by atoms with E-state index in [0.29, 0.717) is 17.9 Å². The molecule has 88 valence electrons. The first kappa shape index (κ1) is 12.9. The third-order valence-electron chi connectivity index (χ3n) is 3.54. The van der Waals surface area contributed by atoms with Crippen molar-refractivity contribution >= 4 is 18.5 Å². The Kier molecular flexibility index (Phi) is 4.50. The predicted molar refractivity (Wildman–Crippen MR) is 67.2 cm³/mol. The second-order valence-corrected chi connectivity index (χ2v) is 5.64. The molecule has 3 atom stereocenters. The average Bonchev–Trinajstić information content (AvgIpc) is 2.20. The highest BCUT2D eigenvalue weighted by molar-refractivity contribution is 7.81. The molecule has 1 rings (SSSR count). The van der Waals surface area contributed by atoms with Crippen LogP contribution in [-0.4, -0.2) is 28.6 Å². The van der Waals surface area contributed by atoms with E-state index >= 15 is 0 Å². The Morgan fingerprint density at radius 3 is 2.53 bits per heavy atom. The summed E-state index contributed by atoms with van der Waals surface area (Å²) in [5.74, 6) is 1.15. The number of carbonyl (C=O) groups excluding carboxylic acids is 1. The Labute approximate surface area is 98.8 Å². The molecule has 15 heavy (non-hydrogen) atoms. The van der Waals surface area contributed by atoms with Crippen molar-refractivity contribution in [2.45, 2.75) is 51.8 Å². The van der Waals surface area contributed by atoms with Crippen molar-refractivity contribution in [3.05, 3.63) is 0 Å². The molecule has 0 bridgehead atoms. The molecule has 0 saturated carbocycles. The molecular weight excluding hydrogens is 206 g/mol. The summed E-state index contributed by atoms with van der Waals surface area (Å²) in [7, 11) is 0. The van der Waals surface area contributed by atoms with E-state index in [2.05, 4.69) is 26.5 Å². The van der Waals surface area contributed by atoms with Gasteiger partial charge in [-0.05, 0) is 31.6 Å². The maximum Gasteiger partial charge on any atom is 0.235 e. The van der Waals surface area contributed by atoms with Crippen LogP contribution < -0.4 is 0 Å². The van der Waals surface area contributed by atoms with Crippen LogP contribution in [0.5, 0.6) is 0 Å². The maximum atomic E-state index is 12.1. The summed E-state index contributed by atoms with van der Waals surface area (Å²) in [6.45, 7) is 9.39. The summed E-state index contributed by atoms with van der Waals surface area (Å²) < 4.78 is 0. The highest BCUT2D eigenvalue weighted by Crippen LogP contribution is 2.25. The Hall–Kier alpha value is -0.180. The van der Waals surface area contributed by atoms with Gasteiger partial charge >= 0.3 is 0 Å². The Balaban J connectivity index is 2.66. The van der Waals surface area contributed by atoms with E-state index in [1.54, 1.807) is 0 Å². The zero-order valence-electron chi connectivity index (χ0n) is 10.2. The van der Waals surface area contributed by atoms with E-state index in [1.807, 2.05) is 18.7 Å². The molecule has 1 aliphatic rings. The van der Waals surface area contributed by atoms with Crippen LogP contribution >= 0.6 is 12.6 Å². The van der Waals surface area contributed by atoms with Crippen molar-refractivity contribution < 1.29 is 4.79 Å². The van der Waals surface area contributed by atoms with Gasteiger partial charge in [-0.25, -0.2) is 0 Å². The van der Waals surface area contributed by atoms with E-state index in [1.165, 1.54) is 6.42 Å². The number of amides is 1. The molecule has 0 spiro atoms. The summed E-state index contributed by atoms with van der Waals surface area (Å²) >= 11 is 4.41. The van der Waals surface area contributed by atoms with Crippen LogP contribution in [0.1, 0.15) is 40.5 Å². The number of thiol groups is 1. The zero-order chi connectivity index (χ0) is 11.6. The maximum absolute atomic E-state index is 12.1. The van der Waals surface area contributed by atoms with Crippen LogP contribution in [-0.2, 0) is 4.79 Å². The molecule has 0 N–H and O–H groups in total. The Morgan fingerprint density at radius 2 is 2.00 bits per heavy atom. The molecule has 1 heterocycles. The molecule has 1 saturated heterocycles. The van der Waals surface area contributed by atoms with E-state index in [9.17, 15) is 4.79 Å². The molecule has 0 aromatic rings. The van der Waals surface area contributed by atoms with Crippen LogP contribution in [0.3, 0.4) is 0 Å². The topological polar surface area (TPSA) is 20.3 Å². The minimum atomic E-state index is -0.141. The number of carbonyl (C=O) groups is 1. The van der Waals surface area contributed by atoms with Crippen LogP contribution in [0, 0.1) is 11.8 Å². The van der Waals surface area contributed by atoms with Crippen LogP contribution in [0.2, 0.25) is 0 Å². The minimum Gasteiger partial charge on any atom is -0.339 e. The molecule has 0 aromatic carbocycles. The number of nitrogens with zero attached hydrogens (tertiary/aromatic N) is 1. The van der Waals surface area contributed by atoms with Gasteiger partial charge in [0, 0.05) is 12.6 Å². The molecular formula is C12H23NOS. The number of piperidine rings is 1. The fourth-order valence-electron chi connectivity index (χ4n) is 2.10. The first-order valence-electron chi connectivity index (χ1n) is 5.93. The van der Waals surface area contributed by atoms with Crippen molar-refractivity contribution in [2.24, 2.45) is 11.8 Å². The van der Waals surface area contributed by atoms with Gasteiger partial charge in [0.2, 0.25) is 5.91 Å². The summed E-state index contributed by atoms with van der Waals surface area (Å²) in [5, 5.41) is -0.141. The fourth-order valence-corrected chi connectivity index (χ4v) is 2.25. The van der Waals surface area contributed by atoms with Crippen molar-refractivity contribution in [3.8, 4) is 0 Å². The lowest BCUT2D eigenvalue weighted by molar-refractivity contribution is -0.135. The van der Waals surface area contributed by atoms with Gasteiger partial charge in [0.25, 0.3) is 0 Å². The number of rotatable bonds is 2. The summed E-state index contributed by atoms with van der Waals surface area (Å²) in [5.41, 5.74) is 0. The quantitative estimate of drug-likeness (QED) is 0.722. The number of hydrogen-bond donors (Lipinski definition) is 1. The van der Waals surface area contributed by atoms with Crippen LogP contribution in [0.15, 0.2) is 0 Å². The Bertz CT molecular complexity index is 230. The summed E-state index contributed by atoms with van der Waals surface area (Å²) in [6, 6.07) is 0.375. The monoisotopic (exact) mass is 229 g/mol. The smallest absolute Gasteiger partial charge is 0.235 e. The molecule has 1 fully saturated rings. The standard InChI is InChI=1S/C12H23NOS/c1-8(2)11(15)12(14)13-7-5-6-9(3)10(13)4/h8-11,15H,5-7H2,1-4H3. The van der Waals surface area contributed by atoms with Crippen LogP contribution in [0.4, 0.5) is 0 Å². The fraction of sp³-hybridized carbons (Fsp3) is 0.917. The minimum absolute atomic E-state index is 0.141. The lowest BCUT2D eigenvalue weighted by Crippen LogP contribution is -2.49. The van der Waals surface area contributed by atoms with Crippen molar-refractivity contribution in [1.29, 1.82) is 0 Å². The van der Waals surface area contributed by atoms with Crippen molar-refractivity contribution in [1.82, 2.24) is 4.90 Å². The van der Waals surface area contributed by atoms with E-state index in [-0.39, 0.29) is 11.2 Å². The summed E-state index contributed by atoms with van der Waals surface area (Å²) in [4.78, 5) is 14.2. The number of hydrogen-bond acceptors (Lipinski definition) is 2. The van der Waals surface area contributed by atoms with Gasteiger partial charge in [0.15, 0.2) is 0 Å². The third kappa shape index (κ3) is 2.90. The molecule has 3 unspecified atom stereocenters. The predicted octanol–water partition coefficient (Wildman–Crippen LogP) is 2.59. The van der Waals surface area contributed by atoms with Gasteiger partial charge in [-0.1, -0.05) is 20.8 Å². The number of likely N-dealkylation sites (tertiary alicyclic amines) is 1. The molecule has 0 aliphatic carbocycles.